The van der Waals surface area contributed by atoms with Gasteiger partial charge in [0.15, 0.2) is 0 Å². The van der Waals surface area contributed by atoms with E-state index in [4.69, 9.17) is 0 Å². The van der Waals surface area contributed by atoms with Gasteiger partial charge in [0.25, 0.3) is 0 Å². The molecule has 0 spiro atoms. The Morgan fingerprint density at radius 3 is 2.92 bits per heavy atom. The molecule has 0 atom stereocenters. The number of hydrogen-bond acceptors (Lipinski definition) is 0. The Morgan fingerprint density at radius 1 is 1.23 bits per heavy atom. The molecule has 0 amide bonds. The largest absolute Gasteiger partial charge is 0.0801 e. The molecule has 0 fully saturated rings. The highest BCUT2D eigenvalue weighted by molar-refractivity contribution is 5.48. The molecule has 0 nitrogen and oxygen atoms in total. The summed E-state index contributed by atoms with van der Waals surface area (Å²) in [4.78, 5) is 0. The van der Waals surface area contributed by atoms with Crippen LogP contribution < -0.4 is 0 Å². The Hall–Kier alpha value is -1.04. The molecular weight excluding hydrogens is 156 g/mol. The number of rotatable bonds is 0. The molecule has 0 radical (unpaired) electrons. The minimum atomic E-state index is 0. The fourth-order valence-corrected chi connectivity index (χ4v) is 1.85. The Morgan fingerprint density at radius 2 is 2.08 bits per heavy atom. The maximum absolute atomic E-state index is 2.35. The van der Waals surface area contributed by atoms with Crippen LogP contribution in [0.3, 0.4) is 0 Å². The van der Waals surface area contributed by atoms with Gasteiger partial charge in [-0.2, -0.15) is 0 Å². The van der Waals surface area contributed by atoms with Crippen molar-refractivity contribution in [2.24, 2.45) is 0 Å². The van der Waals surface area contributed by atoms with E-state index in [1.54, 1.807) is 11.1 Å². The Balaban J connectivity index is 0.000000845. The normalized spacial score (nSPS) is 20.2. The molecule has 2 aliphatic rings. The van der Waals surface area contributed by atoms with Crippen molar-refractivity contribution >= 4 is 0 Å². The number of fused-ring (bicyclic) bond motifs is 1. The summed E-state index contributed by atoms with van der Waals surface area (Å²) in [5, 5.41) is 0. The Bertz CT molecular complexity index is 298. The molecule has 0 aliphatic heterocycles. The topological polar surface area (TPSA) is 0 Å². The highest BCUT2D eigenvalue weighted by Crippen LogP contribution is 2.29. The zero-order chi connectivity index (χ0) is 8.39. The first kappa shape index (κ1) is 10.0. The van der Waals surface area contributed by atoms with Gasteiger partial charge in [0, 0.05) is 0 Å². The predicted molar refractivity (Wildman–Crippen MR) is 59.6 cm³/mol. The van der Waals surface area contributed by atoms with Crippen molar-refractivity contribution in [1.29, 1.82) is 0 Å². The monoisotopic (exact) mass is 174 g/mol. The van der Waals surface area contributed by atoms with Gasteiger partial charge >= 0.3 is 0 Å². The summed E-state index contributed by atoms with van der Waals surface area (Å²) in [6.45, 7) is 2.26. The molecule has 0 saturated heterocycles. The van der Waals surface area contributed by atoms with Crippen molar-refractivity contribution in [3.63, 3.8) is 0 Å². The van der Waals surface area contributed by atoms with Gasteiger partial charge in [0.2, 0.25) is 0 Å². The van der Waals surface area contributed by atoms with Crippen LogP contribution >= 0.6 is 0 Å². The van der Waals surface area contributed by atoms with E-state index in [1.165, 1.54) is 18.4 Å². The number of allylic oxidation sites excluding steroid dienone is 8. The van der Waals surface area contributed by atoms with Gasteiger partial charge in [0.05, 0.1) is 0 Å². The zero-order valence-electron chi connectivity index (χ0n) is 7.51. The minimum Gasteiger partial charge on any atom is -0.0801 e. The molecule has 13 heavy (non-hydrogen) atoms. The molecule has 70 valence electrons. The van der Waals surface area contributed by atoms with Crippen molar-refractivity contribution in [2.45, 2.75) is 33.6 Å². The predicted octanol–water partition coefficient (Wildman–Crippen LogP) is 4.18. The maximum Gasteiger partial charge on any atom is -0.00891 e. The Kier molecular flexibility index (Phi) is 3.30. The maximum atomic E-state index is 2.35. The quantitative estimate of drug-likeness (QED) is 0.517. The summed E-state index contributed by atoms with van der Waals surface area (Å²) in [6, 6.07) is 0. The lowest BCUT2D eigenvalue weighted by atomic mass is 9.90. The van der Waals surface area contributed by atoms with Gasteiger partial charge in [0.1, 0.15) is 0 Å². The lowest BCUT2D eigenvalue weighted by Gasteiger charge is -2.15. The first-order valence-corrected chi connectivity index (χ1v) is 4.60. The molecule has 0 aromatic carbocycles. The molecule has 0 bridgehead atoms. The molecule has 0 N–H and O–H groups in total. The second-order valence-electron chi connectivity index (χ2n) is 3.45. The van der Waals surface area contributed by atoms with Crippen LogP contribution in [0.25, 0.3) is 0 Å². The third-order valence-electron chi connectivity index (χ3n) is 2.59. The zero-order valence-corrected chi connectivity index (χ0v) is 7.51. The average molecular weight is 174 g/mol. The average Bonchev–Trinajstić information content (AvgIpc) is 2.30. The fraction of sp³-hybridized carbons (Fsp3) is 0.385. The lowest BCUT2D eigenvalue weighted by Crippen LogP contribution is -1.96. The van der Waals surface area contributed by atoms with Crippen LogP contribution in [-0.4, -0.2) is 0 Å². The van der Waals surface area contributed by atoms with E-state index in [1.807, 2.05) is 0 Å². The summed E-state index contributed by atoms with van der Waals surface area (Å²) in [5.41, 5.74) is 4.57. The molecule has 0 saturated carbocycles. The van der Waals surface area contributed by atoms with Crippen LogP contribution in [0.15, 0.2) is 47.1 Å². The van der Waals surface area contributed by atoms with Crippen LogP contribution in [0.4, 0.5) is 0 Å². The fourth-order valence-electron chi connectivity index (χ4n) is 1.85. The first-order valence-electron chi connectivity index (χ1n) is 4.60. The van der Waals surface area contributed by atoms with E-state index < -0.39 is 0 Å². The first-order chi connectivity index (χ1) is 5.88. The van der Waals surface area contributed by atoms with Gasteiger partial charge in [-0.25, -0.2) is 0 Å². The van der Waals surface area contributed by atoms with E-state index in [9.17, 15) is 0 Å². The van der Waals surface area contributed by atoms with Gasteiger partial charge in [-0.15, -0.1) is 0 Å². The summed E-state index contributed by atoms with van der Waals surface area (Å²) < 4.78 is 0. The molecular formula is C13H18. The van der Waals surface area contributed by atoms with Crippen LogP contribution in [0, 0.1) is 0 Å². The van der Waals surface area contributed by atoms with Gasteiger partial charge < -0.3 is 0 Å². The summed E-state index contributed by atoms with van der Waals surface area (Å²) >= 11 is 0. The van der Waals surface area contributed by atoms with E-state index >= 15 is 0 Å². The molecule has 0 unspecified atom stereocenters. The molecule has 0 heteroatoms. The van der Waals surface area contributed by atoms with Crippen LogP contribution in [0.1, 0.15) is 33.6 Å². The Labute approximate surface area is 81.4 Å². The standard InChI is InChI=1S/C12H14.CH4/c1-10-6-5-8-11-7-3-2-4-9-12(10)11;/h2-4,7-8H,5-6,9H2,1H3;1H4. The third-order valence-corrected chi connectivity index (χ3v) is 2.59. The van der Waals surface area contributed by atoms with E-state index in [0.29, 0.717) is 0 Å². The molecule has 2 aliphatic carbocycles. The van der Waals surface area contributed by atoms with Gasteiger partial charge in [-0.05, 0) is 37.3 Å². The van der Waals surface area contributed by atoms with Crippen LogP contribution in [-0.2, 0) is 0 Å². The highest BCUT2D eigenvalue weighted by Gasteiger charge is 2.10. The SMILES string of the molecule is C.CC1=C2CC=CC=CC2=CCC1. The molecule has 2 rings (SSSR count). The molecule has 0 aromatic rings. The third kappa shape index (κ3) is 2.00. The van der Waals surface area contributed by atoms with Crippen molar-refractivity contribution in [3.05, 3.63) is 47.1 Å². The second kappa shape index (κ2) is 4.27. The van der Waals surface area contributed by atoms with Crippen molar-refractivity contribution in [2.75, 3.05) is 0 Å². The van der Waals surface area contributed by atoms with Gasteiger partial charge in [-0.1, -0.05) is 43.4 Å². The van der Waals surface area contributed by atoms with Crippen molar-refractivity contribution < 1.29 is 0 Å². The second-order valence-corrected chi connectivity index (χ2v) is 3.45. The smallest absolute Gasteiger partial charge is 0.00891 e. The van der Waals surface area contributed by atoms with Gasteiger partial charge in [-0.3, -0.25) is 0 Å². The van der Waals surface area contributed by atoms with Crippen LogP contribution in [0.5, 0.6) is 0 Å². The van der Waals surface area contributed by atoms with E-state index in [-0.39, 0.29) is 7.43 Å². The van der Waals surface area contributed by atoms with E-state index in [0.717, 1.165) is 6.42 Å². The number of hydrogen-bond donors (Lipinski definition) is 0. The summed E-state index contributed by atoms with van der Waals surface area (Å²) in [6.07, 6.45) is 14.7. The van der Waals surface area contributed by atoms with Crippen LogP contribution in [0.2, 0.25) is 0 Å². The minimum absolute atomic E-state index is 0. The highest BCUT2D eigenvalue weighted by atomic mass is 14.2. The van der Waals surface area contributed by atoms with Crippen molar-refractivity contribution in [1.82, 2.24) is 0 Å². The summed E-state index contributed by atoms with van der Waals surface area (Å²) in [7, 11) is 0. The van der Waals surface area contributed by atoms with E-state index in [2.05, 4.69) is 37.3 Å². The molecule has 0 aromatic heterocycles. The molecule has 0 heterocycles. The lowest BCUT2D eigenvalue weighted by molar-refractivity contribution is 0.913. The van der Waals surface area contributed by atoms with Crippen molar-refractivity contribution in [3.8, 4) is 0 Å². The summed E-state index contributed by atoms with van der Waals surface area (Å²) in [5.74, 6) is 0.